The average Bonchev–Trinajstić information content (AvgIpc) is 3.61. The number of likely N-dealkylation sites (tertiary alicyclic amines) is 1. The van der Waals surface area contributed by atoms with E-state index in [1.54, 1.807) is 12.0 Å². The lowest BCUT2D eigenvalue weighted by Crippen LogP contribution is -2.40. The summed E-state index contributed by atoms with van der Waals surface area (Å²) in [5, 5.41) is 14.1. The molecule has 2 aromatic rings. The van der Waals surface area contributed by atoms with Gasteiger partial charge in [-0.3, -0.25) is 14.4 Å². The molecule has 3 unspecified atom stereocenters. The summed E-state index contributed by atoms with van der Waals surface area (Å²) < 4.78 is 49.5. The molecule has 44 heavy (non-hydrogen) atoms. The minimum absolute atomic E-state index is 0.0493. The summed E-state index contributed by atoms with van der Waals surface area (Å²) in [6, 6.07) is 4.15. The number of aliphatic carboxylic acids is 1. The molecule has 3 aliphatic carbocycles. The van der Waals surface area contributed by atoms with Gasteiger partial charge in [0.25, 0.3) is 5.91 Å². The van der Waals surface area contributed by atoms with Crippen molar-refractivity contribution in [1.29, 1.82) is 0 Å². The van der Waals surface area contributed by atoms with Gasteiger partial charge >= 0.3 is 12.1 Å². The van der Waals surface area contributed by atoms with Gasteiger partial charge in [-0.05, 0) is 75.5 Å². The van der Waals surface area contributed by atoms with Gasteiger partial charge in [-0.15, -0.1) is 0 Å². The first-order valence-electron chi connectivity index (χ1n) is 15.1. The molecule has 0 spiro atoms. The zero-order chi connectivity index (χ0) is 31.6. The van der Waals surface area contributed by atoms with E-state index in [1.807, 2.05) is 13.0 Å². The number of fused-ring (bicyclic) bond motifs is 1. The highest BCUT2D eigenvalue weighted by molar-refractivity contribution is 6.34. The molecule has 8 nitrogen and oxygen atoms in total. The van der Waals surface area contributed by atoms with E-state index in [0.29, 0.717) is 63.0 Å². The zero-order valence-electron chi connectivity index (χ0n) is 24.7. The first kappa shape index (κ1) is 30.8. The predicted octanol–water partition coefficient (Wildman–Crippen LogP) is 5.83. The van der Waals surface area contributed by atoms with Crippen molar-refractivity contribution in [2.45, 2.75) is 81.9 Å². The summed E-state index contributed by atoms with van der Waals surface area (Å²) in [5.74, 6) is -2.64. The van der Waals surface area contributed by atoms with Crippen LogP contribution in [-0.4, -0.2) is 69.5 Å². The number of methoxy groups -OCH3 is 1. The standard InChI is InChI=1S/C32H35ClF3N3O5/c1-30(44-2)14-15-38(17-30)27(40)20-10-11-21-24(16-20)39(37-26(21)18-6-8-19(9-7-18)29(42)43)28(41)25-22(4-3-5-23(25)33)31(12-13-31)32(34,35)36/h3-6,19-20H,7-17H2,1-2H3,(H,42,43). The molecular formula is C32H35ClF3N3O5. The molecule has 1 aromatic carbocycles. The summed E-state index contributed by atoms with van der Waals surface area (Å²) in [6.07, 6.45) is 0.0469. The lowest BCUT2D eigenvalue weighted by Gasteiger charge is -2.29. The van der Waals surface area contributed by atoms with E-state index in [9.17, 15) is 32.7 Å². The Morgan fingerprint density at radius 1 is 1.11 bits per heavy atom. The highest BCUT2D eigenvalue weighted by atomic mass is 35.5. The van der Waals surface area contributed by atoms with E-state index in [4.69, 9.17) is 21.4 Å². The van der Waals surface area contributed by atoms with Gasteiger partial charge < -0.3 is 14.7 Å². The number of rotatable bonds is 6. The SMILES string of the molecule is COC1(C)CCN(C(=O)C2CCc3c(C4=CCC(C(=O)O)CC4)nn(C(=O)c4c(Cl)cccc4C4(C(F)(F)F)CC4)c3C2)C1. The van der Waals surface area contributed by atoms with Gasteiger partial charge in [-0.25, -0.2) is 0 Å². The Bertz CT molecular complexity index is 1560. The molecule has 6 rings (SSSR count). The Kier molecular flexibility index (Phi) is 7.72. The molecule has 1 saturated carbocycles. The minimum atomic E-state index is -4.56. The molecule has 0 radical (unpaired) electrons. The molecule has 3 atom stereocenters. The lowest BCUT2D eigenvalue weighted by molar-refractivity contribution is -0.160. The van der Waals surface area contributed by atoms with E-state index < -0.39 is 40.9 Å². The molecule has 236 valence electrons. The molecule has 2 heterocycles. The Morgan fingerprint density at radius 2 is 1.84 bits per heavy atom. The van der Waals surface area contributed by atoms with Crippen LogP contribution < -0.4 is 0 Å². The third-order valence-electron chi connectivity index (χ3n) is 10.2. The van der Waals surface area contributed by atoms with Crippen molar-refractivity contribution in [3.63, 3.8) is 0 Å². The molecular weight excluding hydrogens is 599 g/mol. The monoisotopic (exact) mass is 633 g/mol. The maximum Gasteiger partial charge on any atom is 0.398 e. The molecule has 1 aromatic heterocycles. The van der Waals surface area contributed by atoms with E-state index in [2.05, 4.69) is 0 Å². The Balaban J connectivity index is 1.41. The smallest absolute Gasteiger partial charge is 0.398 e. The molecule has 1 aliphatic heterocycles. The largest absolute Gasteiger partial charge is 0.481 e. The van der Waals surface area contributed by atoms with Crippen molar-refractivity contribution in [3.8, 4) is 0 Å². The topological polar surface area (TPSA) is 102 Å². The minimum Gasteiger partial charge on any atom is -0.481 e. The Labute approximate surface area is 258 Å². The van der Waals surface area contributed by atoms with Crippen LogP contribution in [0.4, 0.5) is 13.2 Å². The third-order valence-corrected chi connectivity index (χ3v) is 10.5. The van der Waals surface area contributed by atoms with Gasteiger partial charge in [-0.2, -0.15) is 23.0 Å². The quantitative estimate of drug-likeness (QED) is 0.430. The van der Waals surface area contributed by atoms with Crippen molar-refractivity contribution in [2.24, 2.45) is 11.8 Å². The molecule has 12 heteroatoms. The number of alkyl halides is 3. The number of ether oxygens (including phenoxy) is 1. The summed E-state index contributed by atoms with van der Waals surface area (Å²) in [4.78, 5) is 41.3. The van der Waals surface area contributed by atoms with Crippen molar-refractivity contribution in [3.05, 3.63) is 57.4 Å². The van der Waals surface area contributed by atoms with Gasteiger partial charge in [0.15, 0.2) is 0 Å². The molecule has 4 aliphatic rings. The van der Waals surface area contributed by atoms with Crippen LogP contribution in [0.15, 0.2) is 24.3 Å². The summed E-state index contributed by atoms with van der Waals surface area (Å²) in [5.41, 5.74) is -0.343. The predicted molar refractivity (Wildman–Crippen MR) is 155 cm³/mol. The van der Waals surface area contributed by atoms with Crippen LogP contribution >= 0.6 is 11.6 Å². The van der Waals surface area contributed by atoms with E-state index in [0.717, 1.165) is 15.8 Å². The fraction of sp³-hybridized carbons (Fsp3) is 0.562. The summed E-state index contributed by atoms with van der Waals surface area (Å²) in [7, 11) is 1.62. The zero-order valence-corrected chi connectivity index (χ0v) is 25.4. The molecule has 2 fully saturated rings. The van der Waals surface area contributed by atoms with Crippen LogP contribution in [0.5, 0.6) is 0 Å². The Hall–Kier alpha value is -3.18. The first-order valence-corrected chi connectivity index (χ1v) is 15.4. The normalized spacial score (nSPS) is 26.2. The number of amides is 1. The van der Waals surface area contributed by atoms with Crippen LogP contribution in [0.1, 0.15) is 84.7 Å². The second-order valence-electron chi connectivity index (χ2n) is 12.9. The van der Waals surface area contributed by atoms with Crippen molar-refractivity contribution in [2.75, 3.05) is 20.2 Å². The number of aromatic nitrogens is 2. The number of hydrogen-bond acceptors (Lipinski definition) is 5. The highest BCUT2D eigenvalue weighted by Gasteiger charge is 2.65. The third kappa shape index (κ3) is 5.15. The number of carbonyl (C=O) groups is 3. The fourth-order valence-corrected chi connectivity index (χ4v) is 7.40. The maximum atomic E-state index is 14.3. The lowest BCUT2D eigenvalue weighted by atomic mass is 9.82. The van der Waals surface area contributed by atoms with E-state index in [1.165, 1.54) is 18.2 Å². The second kappa shape index (κ2) is 11.0. The summed E-state index contributed by atoms with van der Waals surface area (Å²) in [6.45, 7) is 2.96. The summed E-state index contributed by atoms with van der Waals surface area (Å²) >= 11 is 6.48. The number of benzene rings is 1. The molecule has 0 bridgehead atoms. The Morgan fingerprint density at radius 3 is 2.43 bits per heavy atom. The van der Waals surface area contributed by atoms with E-state index in [-0.39, 0.29) is 41.3 Å². The number of carboxylic acid groups (broad SMARTS) is 1. The number of nitrogens with zero attached hydrogens (tertiary/aromatic N) is 3. The van der Waals surface area contributed by atoms with Crippen LogP contribution in [0.2, 0.25) is 5.02 Å². The van der Waals surface area contributed by atoms with Crippen LogP contribution in [0, 0.1) is 11.8 Å². The van der Waals surface area contributed by atoms with Crippen LogP contribution in [0.25, 0.3) is 5.57 Å². The van der Waals surface area contributed by atoms with Gasteiger partial charge in [0, 0.05) is 38.1 Å². The van der Waals surface area contributed by atoms with E-state index >= 15 is 0 Å². The highest BCUT2D eigenvalue weighted by Crippen LogP contribution is 2.60. The van der Waals surface area contributed by atoms with Gasteiger partial charge in [0.05, 0.1) is 38.9 Å². The van der Waals surface area contributed by atoms with Crippen molar-refractivity contribution in [1.82, 2.24) is 14.7 Å². The number of allylic oxidation sites excluding steroid dienone is 2. The fourth-order valence-electron chi connectivity index (χ4n) is 7.14. The number of hydrogen-bond donors (Lipinski definition) is 1. The maximum absolute atomic E-state index is 14.3. The van der Waals surface area contributed by atoms with Crippen LogP contribution in [0.3, 0.4) is 0 Å². The van der Waals surface area contributed by atoms with Crippen LogP contribution in [-0.2, 0) is 32.6 Å². The van der Waals surface area contributed by atoms with Gasteiger partial charge in [0.1, 0.15) is 0 Å². The number of carboxylic acids is 1. The van der Waals surface area contributed by atoms with Gasteiger partial charge in [-0.1, -0.05) is 29.8 Å². The van der Waals surface area contributed by atoms with Crippen molar-refractivity contribution < 1.29 is 37.4 Å². The first-order chi connectivity index (χ1) is 20.8. The molecule has 1 N–H and O–H groups in total. The molecule has 1 saturated heterocycles. The molecule has 1 amide bonds. The van der Waals surface area contributed by atoms with Crippen molar-refractivity contribution >= 4 is 35.0 Å². The number of halogens is 4. The van der Waals surface area contributed by atoms with Gasteiger partial charge in [0.2, 0.25) is 5.91 Å². The second-order valence-corrected chi connectivity index (χ2v) is 13.3. The average molecular weight is 634 g/mol. The number of carbonyl (C=O) groups excluding carboxylic acids is 2.